The minimum atomic E-state index is -4.41. The largest absolute Gasteiger partial charge is 0.491 e. The summed E-state index contributed by atoms with van der Waals surface area (Å²) < 4.78 is 49.5. The number of anilines is 1. The predicted octanol–water partition coefficient (Wildman–Crippen LogP) is 4.03. The van der Waals surface area contributed by atoms with Crippen LogP contribution in [0, 0.1) is 0 Å². The smallest absolute Gasteiger partial charge is 0.408 e. The second-order valence-corrected chi connectivity index (χ2v) is 7.16. The van der Waals surface area contributed by atoms with Gasteiger partial charge in [-0.25, -0.2) is 9.97 Å². The molecule has 1 amide bonds. The molecule has 0 saturated carbocycles. The minimum Gasteiger partial charge on any atom is -0.491 e. The van der Waals surface area contributed by atoms with Gasteiger partial charge in [0, 0.05) is 18.0 Å². The summed E-state index contributed by atoms with van der Waals surface area (Å²) in [4.78, 5) is 23.2. The van der Waals surface area contributed by atoms with E-state index in [-0.39, 0.29) is 11.6 Å². The highest BCUT2D eigenvalue weighted by Gasteiger charge is 2.38. The van der Waals surface area contributed by atoms with E-state index in [9.17, 15) is 18.0 Å². The van der Waals surface area contributed by atoms with Crippen LogP contribution in [0.25, 0.3) is 11.3 Å². The van der Waals surface area contributed by atoms with Crippen LogP contribution in [-0.2, 0) is 6.54 Å². The number of fused-ring (bicyclic) bond motifs is 1. The Morgan fingerprint density at radius 2 is 2.00 bits per heavy atom. The van der Waals surface area contributed by atoms with E-state index < -0.39 is 18.8 Å². The Bertz CT molecular complexity index is 1160. The van der Waals surface area contributed by atoms with Crippen LogP contribution in [0.2, 0.25) is 0 Å². The Morgan fingerprint density at radius 1 is 1.22 bits per heavy atom. The third kappa shape index (κ3) is 3.97. The molecule has 1 aliphatic rings. The van der Waals surface area contributed by atoms with E-state index in [2.05, 4.69) is 15.1 Å². The summed E-state index contributed by atoms with van der Waals surface area (Å²) in [6.07, 6.45) is -0.358. The summed E-state index contributed by atoms with van der Waals surface area (Å²) in [7, 11) is 1.51. The maximum absolute atomic E-state index is 12.9. The standard InChI is InChI=1S/C21H20F3N5O3/c1-4-32-19-17(31-3)7-13(8-25-19)16-6-5-15-18(27-16)12(2)29(20(15)30)14-9-26-28(10-14)11-21(22,23)24/h5-10,12H,4,11H2,1-3H3/t12-/m1/s1. The number of nitrogens with zero attached hydrogens (tertiary/aromatic N) is 5. The monoisotopic (exact) mass is 447 g/mol. The van der Waals surface area contributed by atoms with Crippen molar-refractivity contribution >= 4 is 11.6 Å². The van der Waals surface area contributed by atoms with Crippen LogP contribution in [-0.4, -0.2) is 45.5 Å². The van der Waals surface area contributed by atoms with Gasteiger partial charge in [0.2, 0.25) is 0 Å². The van der Waals surface area contributed by atoms with E-state index in [1.807, 2.05) is 6.92 Å². The fourth-order valence-corrected chi connectivity index (χ4v) is 3.61. The molecular weight excluding hydrogens is 427 g/mol. The number of methoxy groups -OCH3 is 1. The van der Waals surface area contributed by atoms with Gasteiger partial charge in [-0.1, -0.05) is 0 Å². The van der Waals surface area contributed by atoms with E-state index in [0.717, 1.165) is 4.68 Å². The number of rotatable bonds is 6. The second kappa shape index (κ2) is 8.13. The average molecular weight is 447 g/mol. The van der Waals surface area contributed by atoms with Crippen molar-refractivity contribution in [2.75, 3.05) is 18.6 Å². The molecule has 0 spiro atoms. The summed E-state index contributed by atoms with van der Waals surface area (Å²) in [5.74, 6) is 0.473. The molecule has 1 aliphatic heterocycles. The molecule has 0 bridgehead atoms. The highest BCUT2D eigenvalue weighted by molar-refractivity contribution is 6.10. The molecule has 8 nitrogen and oxygen atoms in total. The van der Waals surface area contributed by atoms with Crippen molar-refractivity contribution in [3.8, 4) is 22.9 Å². The van der Waals surface area contributed by atoms with Crippen LogP contribution in [0.3, 0.4) is 0 Å². The van der Waals surface area contributed by atoms with Gasteiger partial charge >= 0.3 is 6.18 Å². The average Bonchev–Trinajstić information content (AvgIpc) is 3.29. The van der Waals surface area contributed by atoms with Crippen molar-refractivity contribution in [2.45, 2.75) is 32.6 Å². The number of pyridine rings is 2. The Balaban J connectivity index is 1.64. The van der Waals surface area contributed by atoms with Gasteiger partial charge in [-0.15, -0.1) is 0 Å². The first-order chi connectivity index (χ1) is 15.2. The Hall–Kier alpha value is -3.63. The first-order valence-corrected chi connectivity index (χ1v) is 9.82. The summed E-state index contributed by atoms with van der Waals surface area (Å²) in [5.41, 5.74) is 2.42. The lowest BCUT2D eigenvalue weighted by molar-refractivity contribution is -0.142. The van der Waals surface area contributed by atoms with Gasteiger partial charge in [-0.2, -0.15) is 18.3 Å². The number of carbonyl (C=O) groups excluding carboxylic acids is 1. The molecule has 11 heteroatoms. The first kappa shape index (κ1) is 21.6. The zero-order chi connectivity index (χ0) is 23.0. The summed E-state index contributed by atoms with van der Waals surface area (Å²) in [6.45, 7) is 2.81. The minimum absolute atomic E-state index is 0.274. The number of hydrogen-bond acceptors (Lipinski definition) is 6. The molecule has 1 atom stereocenters. The Morgan fingerprint density at radius 3 is 2.69 bits per heavy atom. The van der Waals surface area contributed by atoms with E-state index in [1.165, 1.54) is 24.4 Å². The highest BCUT2D eigenvalue weighted by atomic mass is 19.4. The molecule has 0 aromatic carbocycles. The first-order valence-electron chi connectivity index (χ1n) is 9.82. The lowest BCUT2D eigenvalue weighted by Crippen LogP contribution is -2.26. The summed E-state index contributed by atoms with van der Waals surface area (Å²) in [5, 5.41) is 3.73. The number of halogens is 3. The molecule has 0 saturated heterocycles. The van der Waals surface area contributed by atoms with Crippen LogP contribution >= 0.6 is 0 Å². The van der Waals surface area contributed by atoms with Gasteiger partial charge < -0.3 is 9.47 Å². The van der Waals surface area contributed by atoms with Gasteiger partial charge in [-0.05, 0) is 32.0 Å². The molecule has 3 aromatic rings. The number of amides is 1. The Kier molecular flexibility index (Phi) is 5.49. The zero-order valence-corrected chi connectivity index (χ0v) is 17.6. The second-order valence-electron chi connectivity index (χ2n) is 7.16. The van der Waals surface area contributed by atoms with Gasteiger partial charge in [-0.3, -0.25) is 14.4 Å². The van der Waals surface area contributed by atoms with Crippen LogP contribution < -0.4 is 14.4 Å². The lowest BCUT2D eigenvalue weighted by Gasteiger charge is -2.19. The van der Waals surface area contributed by atoms with Crippen molar-refractivity contribution < 1.29 is 27.4 Å². The number of carbonyl (C=O) groups is 1. The van der Waals surface area contributed by atoms with Crippen LogP contribution in [0.5, 0.6) is 11.6 Å². The molecule has 0 fully saturated rings. The van der Waals surface area contributed by atoms with E-state index in [0.29, 0.717) is 40.8 Å². The molecule has 3 aromatic heterocycles. The molecule has 4 rings (SSSR count). The zero-order valence-electron chi connectivity index (χ0n) is 17.6. The lowest BCUT2D eigenvalue weighted by atomic mass is 10.1. The third-order valence-corrected chi connectivity index (χ3v) is 5.01. The third-order valence-electron chi connectivity index (χ3n) is 5.01. The Labute approximate surface area is 181 Å². The van der Waals surface area contributed by atoms with Gasteiger partial charge in [0.25, 0.3) is 11.8 Å². The van der Waals surface area contributed by atoms with Gasteiger partial charge in [0.1, 0.15) is 6.54 Å². The summed E-state index contributed by atoms with van der Waals surface area (Å²) in [6, 6.07) is 4.60. The van der Waals surface area contributed by atoms with Crippen molar-refractivity contribution in [2.24, 2.45) is 0 Å². The van der Waals surface area contributed by atoms with Crippen LogP contribution in [0.1, 0.15) is 35.9 Å². The molecule has 168 valence electrons. The van der Waals surface area contributed by atoms with Crippen LogP contribution in [0.15, 0.2) is 36.8 Å². The number of hydrogen-bond donors (Lipinski definition) is 0. The molecule has 0 radical (unpaired) electrons. The predicted molar refractivity (Wildman–Crippen MR) is 109 cm³/mol. The van der Waals surface area contributed by atoms with E-state index in [1.54, 1.807) is 31.3 Å². The topological polar surface area (TPSA) is 82.4 Å². The molecule has 4 heterocycles. The van der Waals surface area contributed by atoms with E-state index in [4.69, 9.17) is 9.47 Å². The van der Waals surface area contributed by atoms with Gasteiger partial charge in [0.05, 0.1) is 48.6 Å². The highest BCUT2D eigenvalue weighted by Crippen LogP contribution is 2.38. The fraction of sp³-hybridized carbons (Fsp3) is 0.333. The SMILES string of the molecule is CCOc1ncc(-c2ccc3c(n2)[C@@H](C)N(c2cnn(CC(F)(F)F)c2)C3=O)cc1OC. The molecule has 0 N–H and O–H groups in total. The number of aromatic nitrogens is 4. The number of ether oxygens (including phenoxy) is 2. The molecule has 0 unspecified atom stereocenters. The molecular formula is C21H20F3N5O3. The normalized spacial score (nSPS) is 15.8. The van der Waals surface area contributed by atoms with E-state index >= 15 is 0 Å². The quantitative estimate of drug-likeness (QED) is 0.568. The number of alkyl halides is 3. The fourth-order valence-electron chi connectivity index (χ4n) is 3.61. The maximum Gasteiger partial charge on any atom is 0.408 e. The summed E-state index contributed by atoms with van der Waals surface area (Å²) >= 11 is 0. The molecule has 32 heavy (non-hydrogen) atoms. The van der Waals surface area contributed by atoms with Crippen molar-refractivity contribution in [1.82, 2.24) is 19.7 Å². The molecule has 0 aliphatic carbocycles. The maximum atomic E-state index is 12.9. The van der Waals surface area contributed by atoms with Crippen molar-refractivity contribution in [3.05, 3.63) is 48.0 Å². The van der Waals surface area contributed by atoms with Crippen LogP contribution in [0.4, 0.5) is 18.9 Å². The van der Waals surface area contributed by atoms with Crippen molar-refractivity contribution in [1.29, 1.82) is 0 Å². The van der Waals surface area contributed by atoms with Gasteiger partial charge in [0.15, 0.2) is 5.75 Å². The van der Waals surface area contributed by atoms with Crippen molar-refractivity contribution in [3.63, 3.8) is 0 Å².